The Morgan fingerprint density at radius 2 is 1.76 bits per heavy atom. The van der Waals surface area contributed by atoms with Gasteiger partial charge in [-0.25, -0.2) is 4.39 Å². The third-order valence-electron chi connectivity index (χ3n) is 6.20. The molecule has 1 aliphatic heterocycles. The molecule has 178 valence electrons. The summed E-state index contributed by atoms with van der Waals surface area (Å²) in [6, 6.07) is 6.39. The van der Waals surface area contributed by atoms with Crippen molar-refractivity contribution in [3.8, 4) is 5.75 Å². The Kier molecular flexibility index (Phi) is 7.22. The van der Waals surface area contributed by atoms with Gasteiger partial charge in [-0.3, -0.25) is 9.69 Å². The molecule has 1 heterocycles. The lowest BCUT2D eigenvalue weighted by atomic mass is 9.97. The van der Waals surface area contributed by atoms with Gasteiger partial charge in [0.15, 0.2) is 0 Å². The van der Waals surface area contributed by atoms with E-state index in [0.29, 0.717) is 37.6 Å². The lowest BCUT2D eigenvalue weighted by Crippen LogP contribution is -2.35. The summed E-state index contributed by atoms with van der Waals surface area (Å²) in [5.74, 6) is 0.272. The van der Waals surface area contributed by atoms with E-state index < -0.39 is 22.8 Å². The summed E-state index contributed by atoms with van der Waals surface area (Å²) >= 11 is 11.4. The molecule has 0 amide bonds. The van der Waals surface area contributed by atoms with Crippen LogP contribution in [0.25, 0.3) is 0 Å². The number of nitrogens with zero attached hydrogens (tertiary/aromatic N) is 1. The minimum atomic E-state index is -4.43. The van der Waals surface area contributed by atoms with E-state index in [9.17, 15) is 22.4 Å². The molecule has 33 heavy (non-hydrogen) atoms. The van der Waals surface area contributed by atoms with Gasteiger partial charge >= 0.3 is 6.18 Å². The molecule has 2 fully saturated rings. The molecule has 0 bridgehead atoms. The summed E-state index contributed by atoms with van der Waals surface area (Å²) in [6.45, 7) is 2.23. The SMILES string of the molecule is O=C(Cl)c1cc(C2CC2)c(OCC2CCN(Cc3cc(Cl)cc(C(F)(F)F)c3)CC2)cc1F. The topological polar surface area (TPSA) is 29.5 Å². The highest BCUT2D eigenvalue weighted by molar-refractivity contribution is 6.67. The highest BCUT2D eigenvalue weighted by Gasteiger charge is 2.32. The number of rotatable bonds is 7. The summed E-state index contributed by atoms with van der Waals surface area (Å²) in [7, 11) is 0. The fraction of sp³-hybridized carbons (Fsp3) is 0.458. The van der Waals surface area contributed by atoms with Gasteiger partial charge in [0.25, 0.3) is 5.24 Å². The first-order chi connectivity index (χ1) is 15.6. The first kappa shape index (κ1) is 24.3. The van der Waals surface area contributed by atoms with Crippen molar-refractivity contribution < 1.29 is 27.1 Å². The van der Waals surface area contributed by atoms with Crippen molar-refractivity contribution in [1.82, 2.24) is 4.90 Å². The summed E-state index contributed by atoms with van der Waals surface area (Å²) < 4.78 is 59.3. The van der Waals surface area contributed by atoms with Crippen molar-refractivity contribution in [2.45, 2.75) is 44.3 Å². The lowest BCUT2D eigenvalue weighted by Gasteiger charge is -2.32. The normalized spacial score (nSPS) is 17.9. The number of benzene rings is 2. The average Bonchev–Trinajstić information content (AvgIpc) is 3.57. The second-order valence-electron chi connectivity index (χ2n) is 8.79. The Morgan fingerprint density at radius 3 is 2.36 bits per heavy atom. The van der Waals surface area contributed by atoms with Crippen LogP contribution >= 0.6 is 23.2 Å². The van der Waals surface area contributed by atoms with Gasteiger partial charge in [-0.2, -0.15) is 13.2 Å². The number of halogens is 6. The molecular weight excluding hydrogens is 481 g/mol. The number of hydrogen-bond donors (Lipinski definition) is 0. The van der Waals surface area contributed by atoms with Crippen molar-refractivity contribution in [3.05, 3.63) is 63.4 Å². The van der Waals surface area contributed by atoms with E-state index >= 15 is 0 Å². The van der Waals surface area contributed by atoms with Gasteiger partial charge < -0.3 is 4.74 Å². The number of piperidine rings is 1. The minimum absolute atomic E-state index is 0.0729. The minimum Gasteiger partial charge on any atom is -0.493 e. The van der Waals surface area contributed by atoms with Crippen molar-refractivity contribution in [3.63, 3.8) is 0 Å². The Labute approximate surface area is 199 Å². The van der Waals surface area contributed by atoms with Gasteiger partial charge in [-0.05, 0) is 97.6 Å². The third-order valence-corrected chi connectivity index (χ3v) is 6.62. The zero-order valence-corrected chi connectivity index (χ0v) is 19.2. The van der Waals surface area contributed by atoms with E-state index in [1.807, 2.05) is 0 Å². The van der Waals surface area contributed by atoms with Crippen LogP contribution in [0.5, 0.6) is 5.75 Å². The van der Waals surface area contributed by atoms with Crippen LogP contribution in [-0.2, 0) is 12.7 Å². The Balaban J connectivity index is 1.33. The number of hydrogen-bond acceptors (Lipinski definition) is 3. The quantitative estimate of drug-likeness (QED) is 0.299. The lowest BCUT2D eigenvalue weighted by molar-refractivity contribution is -0.137. The fourth-order valence-electron chi connectivity index (χ4n) is 4.24. The maximum atomic E-state index is 14.2. The van der Waals surface area contributed by atoms with Crippen LogP contribution < -0.4 is 4.74 Å². The van der Waals surface area contributed by atoms with Crippen molar-refractivity contribution >= 4 is 28.4 Å². The monoisotopic (exact) mass is 503 g/mol. The zero-order chi connectivity index (χ0) is 23.8. The summed E-state index contributed by atoms with van der Waals surface area (Å²) in [4.78, 5) is 13.5. The van der Waals surface area contributed by atoms with Gasteiger partial charge in [0.1, 0.15) is 11.6 Å². The smallest absolute Gasteiger partial charge is 0.416 e. The molecule has 9 heteroatoms. The van der Waals surface area contributed by atoms with E-state index in [0.717, 1.165) is 43.4 Å². The number of carbonyl (C=O) groups excluding carboxylic acids is 1. The highest BCUT2D eigenvalue weighted by atomic mass is 35.5. The van der Waals surface area contributed by atoms with Crippen LogP contribution in [0.1, 0.15) is 58.6 Å². The van der Waals surface area contributed by atoms with Crippen LogP contribution in [0.2, 0.25) is 5.02 Å². The van der Waals surface area contributed by atoms with Gasteiger partial charge in [-0.1, -0.05) is 11.6 Å². The molecule has 4 rings (SSSR count). The molecule has 2 aliphatic rings. The summed E-state index contributed by atoms with van der Waals surface area (Å²) in [5.41, 5.74) is 0.477. The Hall–Kier alpha value is -1.83. The first-order valence-corrected chi connectivity index (χ1v) is 11.6. The van der Waals surface area contributed by atoms with Crippen molar-refractivity contribution in [1.29, 1.82) is 0 Å². The van der Waals surface area contributed by atoms with E-state index in [1.54, 1.807) is 6.07 Å². The first-order valence-electron chi connectivity index (χ1n) is 10.8. The van der Waals surface area contributed by atoms with Crippen LogP contribution in [0, 0.1) is 11.7 Å². The van der Waals surface area contributed by atoms with E-state index in [2.05, 4.69) is 4.90 Å². The van der Waals surface area contributed by atoms with Gasteiger partial charge in [0.05, 0.1) is 17.7 Å². The number of likely N-dealkylation sites (tertiary alicyclic amines) is 1. The van der Waals surface area contributed by atoms with E-state index in [4.69, 9.17) is 27.9 Å². The molecule has 2 aromatic carbocycles. The Morgan fingerprint density at radius 1 is 1.06 bits per heavy atom. The molecule has 2 aromatic rings. The maximum absolute atomic E-state index is 14.2. The molecule has 0 radical (unpaired) electrons. The highest BCUT2D eigenvalue weighted by Crippen LogP contribution is 2.45. The van der Waals surface area contributed by atoms with Gasteiger partial charge in [-0.15, -0.1) is 0 Å². The molecule has 0 atom stereocenters. The van der Waals surface area contributed by atoms with Crippen LogP contribution in [0.4, 0.5) is 17.6 Å². The molecular formula is C24H23Cl2F4NO2. The molecule has 1 aliphatic carbocycles. The molecule has 3 nitrogen and oxygen atoms in total. The number of carbonyl (C=O) groups is 1. The Bertz CT molecular complexity index is 1030. The van der Waals surface area contributed by atoms with Crippen LogP contribution in [-0.4, -0.2) is 29.8 Å². The molecule has 0 spiro atoms. The van der Waals surface area contributed by atoms with Crippen LogP contribution in [0.3, 0.4) is 0 Å². The molecule has 0 aromatic heterocycles. The molecule has 0 N–H and O–H groups in total. The molecule has 1 saturated heterocycles. The van der Waals surface area contributed by atoms with Gasteiger partial charge in [0.2, 0.25) is 0 Å². The third kappa shape index (κ3) is 6.19. The van der Waals surface area contributed by atoms with Crippen LogP contribution in [0.15, 0.2) is 30.3 Å². The van der Waals surface area contributed by atoms with E-state index in [-0.39, 0.29) is 22.4 Å². The summed E-state index contributed by atoms with van der Waals surface area (Å²) in [6.07, 6.45) is -0.873. The molecule has 0 unspecified atom stereocenters. The largest absolute Gasteiger partial charge is 0.493 e. The maximum Gasteiger partial charge on any atom is 0.416 e. The standard InChI is InChI=1S/C24H23Cl2F4NO2/c25-18-8-15(7-17(9-18)24(28,29)30)12-31-5-3-14(4-6-31)13-33-22-11-21(27)20(23(26)32)10-19(22)16-1-2-16/h7-11,14,16H,1-6,12-13H2. The van der Waals surface area contributed by atoms with Gasteiger partial charge in [0, 0.05) is 17.6 Å². The predicted molar refractivity (Wildman–Crippen MR) is 119 cm³/mol. The number of ether oxygens (including phenoxy) is 1. The van der Waals surface area contributed by atoms with Crippen molar-refractivity contribution in [2.24, 2.45) is 5.92 Å². The van der Waals surface area contributed by atoms with Crippen molar-refractivity contribution in [2.75, 3.05) is 19.7 Å². The zero-order valence-electron chi connectivity index (χ0n) is 17.7. The predicted octanol–water partition coefficient (Wildman–Crippen LogP) is 7.05. The second-order valence-corrected chi connectivity index (χ2v) is 9.57. The second kappa shape index (κ2) is 9.80. The summed E-state index contributed by atoms with van der Waals surface area (Å²) in [5, 5.41) is -0.751. The average molecular weight is 504 g/mol. The molecule has 1 saturated carbocycles. The van der Waals surface area contributed by atoms with E-state index in [1.165, 1.54) is 12.1 Å². The fourth-order valence-corrected chi connectivity index (χ4v) is 4.65. The number of alkyl halides is 3.